The molecule has 0 aliphatic rings. The Labute approximate surface area is 124 Å². The highest BCUT2D eigenvalue weighted by atomic mass is 79.9. The smallest absolute Gasteiger partial charge is 0.303 e. The predicted molar refractivity (Wildman–Crippen MR) is 75.6 cm³/mol. The lowest BCUT2D eigenvalue weighted by Gasteiger charge is -2.21. The van der Waals surface area contributed by atoms with Crippen LogP contribution in [0.5, 0.6) is 0 Å². The fraction of sp³-hybridized carbons (Fsp3) is 0.308. The Morgan fingerprint density at radius 1 is 1.15 bits per heavy atom. The van der Waals surface area contributed by atoms with E-state index in [1.54, 1.807) is 0 Å². The van der Waals surface area contributed by atoms with E-state index in [0.717, 1.165) is 10.0 Å². The average molecular weight is 343 g/mol. The van der Waals surface area contributed by atoms with Crippen molar-refractivity contribution in [2.45, 2.75) is 19.4 Å². The molecule has 0 fully saturated rings. The first-order valence-corrected chi connectivity index (χ1v) is 6.70. The van der Waals surface area contributed by atoms with E-state index in [2.05, 4.69) is 15.9 Å². The van der Waals surface area contributed by atoms with Gasteiger partial charge in [-0.15, -0.1) is 0 Å². The van der Waals surface area contributed by atoms with Crippen LogP contribution in [0.15, 0.2) is 28.7 Å². The lowest BCUT2D eigenvalue weighted by Crippen LogP contribution is -2.38. The van der Waals surface area contributed by atoms with Gasteiger partial charge in [-0.05, 0) is 17.7 Å². The van der Waals surface area contributed by atoms with Gasteiger partial charge in [0, 0.05) is 17.4 Å². The molecule has 6 nitrogen and oxygen atoms in total. The van der Waals surface area contributed by atoms with Crippen LogP contribution in [0.2, 0.25) is 0 Å². The Balaban J connectivity index is 2.72. The summed E-state index contributed by atoms with van der Waals surface area (Å²) in [4.78, 5) is 34.6. The molecular formula is C13H15BrN2O4. The van der Waals surface area contributed by atoms with Crippen LogP contribution >= 0.6 is 15.9 Å². The molecule has 3 N–H and O–H groups in total. The number of amides is 2. The van der Waals surface area contributed by atoms with Gasteiger partial charge in [0.25, 0.3) is 0 Å². The first kappa shape index (κ1) is 16.2. The molecule has 7 heteroatoms. The number of carboxylic acid groups (broad SMARTS) is 1. The van der Waals surface area contributed by atoms with E-state index in [0.29, 0.717) is 0 Å². The van der Waals surface area contributed by atoms with Gasteiger partial charge in [-0.1, -0.05) is 28.1 Å². The second kappa shape index (κ2) is 7.64. The van der Waals surface area contributed by atoms with Crippen molar-refractivity contribution < 1.29 is 19.5 Å². The topological polar surface area (TPSA) is 101 Å². The van der Waals surface area contributed by atoms with Crippen molar-refractivity contribution in [3.05, 3.63) is 34.3 Å². The van der Waals surface area contributed by atoms with Crippen LogP contribution < -0.4 is 5.73 Å². The summed E-state index contributed by atoms with van der Waals surface area (Å²) in [7, 11) is 0. The number of nitrogens with two attached hydrogens (primary N) is 1. The van der Waals surface area contributed by atoms with E-state index in [1.165, 1.54) is 4.90 Å². The summed E-state index contributed by atoms with van der Waals surface area (Å²) in [6, 6.07) is 7.25. The van der Waals surface area contributed by atoms with Crippen LogP contribution in [0.1, 0.15) is 18.4 Å². The molecule has 0 heterocycles. The van der Waals surface area contributed by atoms with Crippen LogP contribution in [0.4, 0.5) is 0 Å². The van der Waals surface area contributed by atoms with E-state index < -0.39 is 17.8 Å². The van der Waals surface area contributed by atoms with E-state index in [1.807, 2.05) is 24.3 Å². The first-order chi connectivity index (χ1) is 9.38. The van der Waals surface area contributed by atoms with Crippen molar-refractivity contribution in [3.63, 3.8) is 0 Å². The summed E-state index contributed by atoms with van der Waals surface area (Å²) in [6.07, 6.45) is -0.423. The fourth-order valence-electron chi connectivity index (χ4n) is 1.60. The summed E-state index contributed by atoms with van der Waals surface area (Å²) < 4.78 is 0.903. The van der Waals surface area contributed by atoms with Crippen molar-refractivity contribution in [1.82, 2.24) is 4.90 Å². The zero-order valence-corrected chi connectivity index (χ0v) is 12.3. The van der Waals surface area contributed by atoms with Gasteiger partial charge >= 0.3 is 5.97 Å². The predicted octanol–water partition coefficient (Wildman–Crippen LogP) is 1.13. The highest BCUT2D eigenvalue weighted by Crippen LogP contribution is 2.13. The molecule has 20 heavy (non-hydrogen) atoms. The van der Waals surface area contributed by atoms with E-state index >= 15 is 0 Å². The number of hydrogen-bond donors (Lipinski definition) is 2. The van der Waals surface area contributed by atoms with Crippen LogP contribution in [-0.2, 0) is 20.9 Å². The number of carbonyl (C=O) groups is 3. The molecule has 0 aliphatic heterocycles. The lowest BCUT2D eigenvalue weighted by atomic mass is 10.2. The molecule has 0 saturated carbocycles. The minimum atomic E-state index is -1.05. The Bertz CT molecular complexity index is 502. The molecule has 0 atom stereocenters. The Hall–Kier alpha value is -1.89. The molecule has 0 radical (unpaired) electrons. The molecule has 1 aromatic rings. The normalized spacial score (nSPS) is 10.1. The van der Waals surface area contributed by atoms with E-state index in [4.69, 9.17) is 10.8 Å². The fourth-order valence-corrected chi connectivity index (χ4v) is 1.87. The molecule has 0 unspecified atom stereocenters. The molecule has 0 aromatic heterocycles. The van der Waals surface area contributed by atoms with Gasteiger partial charge in [0.05, 0.1) is 13.0 Å². The maximum atomic E-state index is 11.9. The van der Waals surface area contributed by atoms with E-state index in [9.17, 15) is 14.4 Å². The summed E-state index contributed by atoms with van der Waals surface area (Å²) >= 11 is 3.30. The Morgan fingerprint density at radius 2 is 1.75 bits per heavy atom. The number of hydrogen-bond acceptors (Lipinski definition) is 3. The number of benzene rings is 1. The number of carboxylic acids is 1. The van der Waals surface area contributed by atoms with Gasteiger partial charge in [0.2, 0.25) is 11.8 Å². The second-order valence-electron chi connectivity index (χ2n) is 4.24. The number of rotatable bonds is 7. The van der Waals surface area contributed by atoms with Gasteiger partial charge in [-0.2, -0.15) is 0 Å². The number of aliphatic carboxylic acids is 1. The van der Waals surface area contributed by atoms with Gasteiger partial charge in [0.1, 0.15) is 0 Å². The third kappa shape index (κ3) is 5.83. The van der Waals surface area contributed by atoms with Gasteiger partial charge in [0.15, 0.2) is 0 Å². The summed E-state index contributed by atoms with van der Waals surface area (Å²) in [5.74, 6) is -2.10. The van der Waals surface area contributed by atoms with Gasteiger partial charge in [-0.3, -0.25) is 14.4 Å². The highest BCUT2D eigenvalue weighted by Gasteiger charge is 2.17. The Kier molecular flexibility index (Phi) is 6.17. The number of halogens is 1. The average Bonchev–Trinajstić information content (AvgIpc) is 2.37. The standard InChI is InChI=1S/C13H15BrN2O4/c14-10-3-1-9(2-4-10)7-16(8-11(15)17)12(18)5-6-13(19)20/h1-4H,5-8H2,(H2,15,17)(H,19,20). The first-order valence-electron chi connectivity index (χ1n) is 5.91. The number of carbonyl (C=O) groups excluding carboxylic acids is 2. The summed E-state index contributed by atoms with van der Waals surface area (Å²) in [6.45, 7) is -0.0107. The molecule has 1 rings (SSSR count). The number of primary amides is 1. The minimum Gasteiger partial charge on any atom is -0.481 e. The molecule has 1 aromatic carbocycles. The van der Waals surface area contributed by atoms with Gasteiger partial charge < -0.3 is 15.7 Å². The largest absolute Gasteiger partial charge is 0.481 e. The van der Waals surface area contributed by atoms with Gasteiger partial charge in [-0.25, -0.2) is 0 Å². The Morgan fingerprint density at radius 3 is 2.25 bits per heavy atom. The minimum absolute atomic E-state index is 0.154. The van der Waals surface area contributed by atoms with Crippen LogP contribution in [-0.4, -0.2) is 34.3 Å². The molecule has 0 spiro atoms. The summed E-state index contributed by atoms with van der Waals surface area (Å²) in [5.41, 5.74) is 5.94. The maximum Gasteiger partial charge on any atom is 0.303 e. The van der Waals surface area contributed by atoms with Crippen molar-refractivity contribution in [2.75, 3.05) is 6.54 Å². The third-order valence-corrected chi connectivity index (χ3v) is 3.07. The molecule has 0 bridgehead atoms. The van der Waals surface area contributed by atoms with E-state index in [-0.39, 0.29) is 25.9 Å². The zero-order valence-electron chi connectivity index (χ0n) is 10.7. The highest BCUT2D eigenvalue weighted by molar-refractivity contribution is 9.10. The van der Waals surface area contributed by atoms with Crippen LogP contribution in [0.25, 0.3) is 0 Å². The molecule has 108 valence electrons. The number of nitrogens with zero attached hydrogens (tertiary/aromatic N) is 1. The van der Waals surface area contributed by atoms with Crippen molar-refractivity contribution in [2.24, 2.45) is 5.73 Å². The van der Waals surface area contributed by atoms with Crippen molar-refractivity contribution in [3.8, 4) is 0 Å². The monoisotopic (exact) mass is 342 g/mol. The zero-order chi connectivity index (χ0) is 15.1. The lowest BCUT2D eigenvalue weighted by molar-refractivity contribution is -0.141. The van der Waals surface area contributed by atoms with Crippen LogP contribution in [0, 0.1) is 0 Å². The molecule has 2 amide bonds. The quantitative estimate of drug-likeness (QED) is 0.775. The molecular weight excluding hydrogens is 328 g/mol. The van der Waals surface area contributed by atoms with Crippen LogP contribution in [0.3, 0.4) is 0 Å². The SMILES string of the molecule is NC(=O)CN(Cc1ccc(Br)cc1)C(=O)CCC(=O)O. The maximum absolute atomic E-state index is 11.9. The summed E-state index contributed by atoms with van der Waals surface area (Å²) in [5, 5.41) is 8.58. The second-order valence-corrected chi connectivity index (χ2v) is 5.15. The molecule has 0 aliphatic carbocycles. The third-order valence-electron chi connectivity index (χ3n) is 2.54. The van der Waals surface area contributed by atoms with Crippen molar-refractivity contribution in [1.29, 1.82) is 0 Å². The van der Waals surface area contributed by atoms with Crippen molar-refractivity contribution >= 4 is 33.7 Å². The molecule has 0 saturated heterocycles.